The molecule has 2 aromatic heterocycles. The van der Waals surface area contributed by atoms with E-state index in [0.29, 0.717) is 0 Å². The van der Waals surface area contributed by atoms with E-state index in [-0.39, 0.29) is 0 Å². The molecule has 1 N–H and O–H groups in total. The Labute approximate surface area is 127 Å². The van der Waals surface area contributed by atoms with E-state index in [0.717, 1.165) is 45.3 Å². The molecule has 3 rings (SSSR count). The van der Waals surface area contributed by atoms with Crippen molar-refractivity contribution in [2.75, 3.05) is 19.0 Å². The van der Waals surface area contributed by atoms with Gasteiger partial charge in [0.2, 0.25) is 0 Å². The Balaban J connectivity index is 2.18. The summed E-state index contributed by atoms with van der Waals surface area (Å²) in [6, 6.07) is 8.02. The van der Waals surface area contributed by atoms with Gasteiger partial charge in [0.15, 0.2) is 5.13 Å². The Morgan fingerprint density at radius 1 is 1.24 bits per heavy atom. The summed E-state index contributed by atoms with van der Waals surface area (Å²) in [5.41, 5.74) is 4.01. The maximum absolute atomic E-state index is 5.33. The first-order valence-electron chi connectivity index (χ1n) is 6.86. The van der Waals surface area contributed by atoms with Crippen molar-refractivity contribution in [1.29, 1.82) is 0 Å². The molecule has 2 heterocycles. The summed E-state index contributed by atoms with van der Waals surface area (Å²) >= 11 is 1.62. The molecule has 0 radical (unpaired) electrons. The zero-order chi connectivity index (χ0) is 14.8. The zero-order valence-electron chi connectivity index (χ0n) is 12.3. The number of methoxy groups -OCH3 is 1. The van der Waals surface area contributed by atoms with Crippen LogP contribution in [0.3, 0.4) is 0 Å². The van der Waals surface area contributed by atoms with E-state index >= 15 is 0 Å². The molecular formula is C16H17N3OS. The van der Waals surface area contributed by atoms with Crippen LogP contribution in [0.25, 0.3) is 22.2 Å². The predicted molar refractivity (Wildman–Crippen MR) is 88.3 cm³/mol. The van der Waals surface area contributed by atoms with Crippen LogP contribution in [0.2, 0.25) is 0 Å². The molecule has 5 heteroatoms. The molecule has 0 bridgehead atoms. The van der Waals surface area contributed by atoms with Gasteiger partial charge in [-0.15, -0.1) is 11.3 Å². The molecule has 0 spiro atoms. The van der Waals surface area contributed by atoms with Crippen molar-refractivity contribution in [3.8, 4) is 17.0 Å². The van der Waals surface area contributed by atoms with Gasteiger partial charge in [-0.3, -0.25) is 4.98 Å². The molecule has 0 fully saturated rings. The van der Waals surface area contributed by atoms with Gasteiger partial charge in [0.05, 0.1) is 18.3 Å². The van der Waals surface area contributed by atoms with E-state index in [1.807, 2.05) is 25.1 Å². The van der Waals surface area contributed by atoms with Crippen LogP contribution >= 0.6 is 11.3 Å². The SMILES string of the molecule is CCNc1nc(-c2cc(C)nc3ccc(OC)cc23)cs1. The number of rotatable bonds is 4. The Morgan fingerprint density at radius 2 is 2.10 bits per heavy atom. The summed E-state index contributed by atoms with van der Waals surface area (Å²) in [6.07, 6.45) is 0. The third kappa shape index (κ3) is 2.69. The van der Waals surface area contributed by atoms with E-state index in [1.165, 1.54) is 0 Å². The highest BCUT2D eigenvalue weighted by Crippen LogP contribution is 2.32. The number of aryl methyl sites for hydroxylation is 1. The average Bonchev–Trinajstić information content (AvgIpc) is 2.95. The summed E-state index contributed by atoms with van der Waals surface area (Å²) < 4.78 is 5.33. The quantitative estimate of drug-likeness (QED) is 0.787. The average molecular weight is 299 g/mol. The number of aromatic nitrogens is 2. The number of ether oxygens (including phenoxy) is 1. The van der Waals surface area contributed by atoms with Crippen molar-refractivity contribution in [3.05, 3.63) is 35.3 Å². The highest BCUT2D eigenvalue weighted by atomic mass is 32.1. The van der Waals surface area contributed by atoms with Crippen LogP contribution in [0.4, 0.5) is 5.13 Å². The zero-order valence-corrected chi connectivity index (χ0v) is 13.1. The molecule has 0 amide bonds. The maximum atomic E-state index is 5.33. The standard InChI is InChI=1S/C16H17N3OS/c1-4-17-16-19-15(9-21-16)12-7-10(2)18-14-6-5-11(20-3)8-13(12)14/h5-9H,4H2,1-3H3,(H,17,19). The Kier molecular flexibility index (Phi) is 3.75. The number of pyridine rings is 1. The molecule has 1 aromatic carbocycles. The van der Waals surface area contributed by atoms with E-state index in [4.69, 9.17) is 4.74 Å². The fourth-order valence-corrected chi connectivity index (χ4v) is 3.09. The summed E-state index contributed by atoms with van der Waals surface area (Å²) in [5.74, 6) is 0.830. The number of fused-ring (bicyclic) bond motifs is 1. The van der Waals surface area contributed by atoms with Gasteiger partial charge in [0.1, 0.15) is 5.75 Å². The first-order chi connectivity index (χ1) is 10.2. The Hall–Kier alpha value is -2.14. The third-order valence-electron chi connectivity index (χ3n) is 3.25. The topological polar surface area (TPSA) is 47.0 Å². The molecular weight excluding hydrogens is 282 g/mol. The lowest BCUT2D eigenvalue weighted by atomic mass is 10.1. The maximum Gasteiger partial charge on any atom is 0.183 e. The number of thiazole rings is 1. The number of hydrogen-bond donors (Lipinski definition) is 1. The Morgan fingerprint density at radius 3 is 2.86 bits per heavy atom. The molecule has 0 unspecified atom stereocenters. The van der Waals surface area contributed by atoms with Crippen molar-refractivity contribution in [2.24, 2.45) is 0 Å². The van der Waals surface area contributed by atoms with Crippen LogP contribution < -0.4 is 10.1 Å². The summed E-state index contributed by atoms with van der Waals surface area (Å²) in [4.78, 5) is 9.24. The molecule has 3 aromatic rings. The van der Waals surface area contributed by atoms with Crippen LogP contribution in [-0.2, 0) is 0 Å². The van der Waals surface area contributed by atoms with Crippen LogP contribution in [0.1, 0.15) is 12.6 Å². The minimum atomic E-state index is 0.830. The monoisotopic (exact) mass is 299 g/mol. The van der Waals surface area contributed by atoms with Crippen molar-refractivity contribution in [2.45, 2.75) is 13.8 Å². The van der Waals surface area contributed by atoms with E-state index in [2.05, 4.69) is 33.7 Å². The molecule has 0 saturated carbocycles. The van der Waals surface area contributed by atoms with E-state index in [1.54, 1.807) is 18.4 Å². The van der Waals surface area contributed by atoms with Crippen LogP contribution in [-0.4, -0.2) is 23.6 Å². The van der Waals surface area contributed by atoms with Crippen LogP contribution in [0.5, 0.6) is 5.75 Å². The summed E-state index contributed by atoms with van der Waals surface area (Å²) in [6.45, 7) is 4.94. The molecule has 0 aliphatic rings. The van der Waals surface area contributed by atoms with Crippen LogP contribution in [0.15, 0.2) is 29.6 Å². The largest absolute Gasteiger partial charge is 0.497 e. The fourth-order valence-electron chi connectivity index (χ4n) is 2.31. The molecule has 0 aliphatic heterocycles. The smallest absolute Gasteiger partial charge is 0.183 e. The van der Waals surface area contributed by atoms with Gasteiger partial charge in [-0.1, -0.05) is 0 Å². The van der Waals surface area contributed by atoms with Crippen molar-refractivity contribution in [1.82, 2.24) is 9.97 Å². The summed E-state index contributed by atoms with van der Waals surface area (Å²) in [7, 11) is 1.68. The highest BCUT2D eigenvalue weighted by Gasteiger charge is 2.11. The first kappa shape index (κ1) is 13.8. The van der Waals surface area contributed by atoms with E-state index in [9.17, 15) is 0 Å². The molecule has 0 atom stereocenters. The van der Waals surface area contributed by atoms with Crippen molar-refractivity contribution in [3.63, 3.8) is 0 Å². The fraction of sp³-hybridized carbons (Fsp3) is 0.250. The third-order valence-corrected chi connectivity index (χ3v) is 4.05. The van der Waals surface area contributed by atoms with Gasteiger partial charge in [-0.05, 0) is 38.1 Å². The molecule has 21 heavy (non-hydrogen) atoms. The van der Waals surface area contributed by atoms with Gasteiger partial charge in [0.25, 0.3) is 0 Å². The predicted octanol–water partition coefficient (Wildman–Crippen LogP) is 4.11. The van der Waals surface area contributed by atoms with Crippen molar-refractivity contribution >= 4 is 27.4 Å². The lowest BCUT2D eigenvalue weighted by molar-refractivity contribution is 0.415. The second-order valence-electron chi connectivity index (χ2n) is 4.76. The summed E-state index contributed by atoms with van der Waals surface area (Å²) in [5, 5.41) is 7.33. The number of nitrogens with one attached hydrogen (secondary N) is 1. The van der Waals surface area contributed by atoms with Crippen LogP contribution in [0, 0.1) is 6.92 Å². The molecule has 0 aliphatic carbocycles. The second-order valence-corrected chi connectivity index (χ2v) is 5.62. The molecule has 108 valence electrons. The lowest BCUT2D eigenvalue weighted by Crippen LogP contribution is -1.95. The van der Waals surface area contributed by atoms with Crippen molar-refractivity contribution < 1.29 is 4.74 Å². The second kappa shape index (κ2) is 5.69. The minimum Gasteiger partial charge on any atom is -0.497 e. The van der Waals surface area contributed by atoms with E-state index < -0.39 is 0 Å². The highest BCUT2D eigenvalue weighted by molar-refractivity contribution is 7.14. The number of nitrogens with zero attached hydrogens (tertiary/aromatic N) is 2. The number of hydrogen-bond acceptors (Lipinski definition) is 5. The number of anilines is 1. The first-order valence-corrected chi connectivity index (χ1v) is 7.74. The van der Waals surface area contributed by atoms with Gasteiger partial charge < -0.3 is 10.1 Å². The normalized spacial score (nSPS) is 10.8. The van der Waals surface area contributed by atoms with Gasteiger partial charge >= 0.3 is 0 Å². The molecule has 4 nitrogen and oxygen atoms in total. The van der Waals surface area contributed by atoms with Gasteiger partial charge in [0, 0.05) is 28.6 Å². The Bertz CT molecular complexity index is 782. The number of benzene rings is 1. The van der Waals surface area contributed by atoms with Gasteiger partial charge in [-0.25, -0.2) is 4.98 Å². The minimum absolute atomic E-state index is 0.830. The lowest BCUT2D eigenvalue weighted by Gasteiger charge is -2.08. The molecule has 0 saturated heterocycles. The van der Waals surface area contributed by atoms with Gasteiger partial charge in [-0.2, -0.15) is 0 Å².